The maximum Gasteiger partial charge on any atom is 0.224 e. The van der Waals surface area contributed by atoms with Gasteiger partial charge in [0.2, 0.25) is 5.91 Å². The van der Waals surface area contributed by atoms with Crippen LogP contribution in [0, 0.1) is 6.92 Å². The van der Waals surface area contributed by atoms with Crippen LogP contribution in [0.15, 0.2) is 5.38 Å². The number of thiazole rings is 1. The summed E-state index contributed by atoms with van der Waals surface area (Å²) in [5.41, 5.74) is 1.07. The van der Waals surface area contributed by atoms with Crippen molar-refractivity contribution in [2.24, 2.45) is 0 Å². The number of ether oxygens (including phenoxy) is 1. The summed E-state index contributed by atoms with van der Waals surface area (Å²) >= 11 is 1.68. The van der Waals surface area contributed by atoms with E-state index in [2.05, 4.69) is 20.6 Å². The number of anilines is 1. The molecule has 2 saturated heterocycles. The summed E-state index contributed by atoms with van der Waals surface area (Å²) in [7, 11) is 0. The Morgan fingerprint density at radius 1 is 1.39 bits per heavy atom. The number of nitrogens with one attached hydrogen (secondary N) is 1. The lowest BCUT2D eigenvalue weighted by molar-refractivity contribution is -0.132. The van der Waals surface area contributed by atoms with Crippen LogP contribution in [-0.4, -0.2) is 67.8 Å². The standard InChI is InChI=1S/C14H22N4O2S.2ClH/c1-11-10-21-14(16-11)18-5-3-17(4-6-18)13(19)8-12-9-20-7-2-15-12;;/h10,12,15H,2-9H2,1H3;2*1H. The largest absolute Gasteiger partial charge is 0.378 e. The van der Waals surface area contributed by atoms with Crippen LogP contribution >= 0.6 is 36.2 Å². The monoisotopic (exact) mass is 382 g/mol. The second kappa shape index (κ2) is 9.64. The van der Waals surface area contributed by atoms with Gasteiger partial charge in [0.05, 0.1) is 18.9 Å². The van der Waals surface area contributed by atoms with E-state index in [-0.39, 0.29) is 36.8 Å². The first-order valence-electron chi connectivity index (χ1n) is 7.48. The first-order chi connectivity index (χ1) is 10.2. The molecule has 3 heterocycles. The van der Waals surface area contributed by atoms with E-state index in [1.807, 2.05) is 11.8 Å². The Morgan fingerprint density at radius 3 is 2.70 bits per heavy atom. The predicted octanol–water partition coefficient (Wildman–Crippen LogP) is 1.32. The van der Waals surface area contributed by atoms with Gasteiger partial charge in [-0.05, 0) is 6.92 Å². The minimum Gasteiger partial charge on any atom is -0.378 e. The van der Waals surface area contributed by atoms with Crippen molar-refractivity contribution in [3.8, 4) is 0 Å². The summed E-state index contributed by atoms with van der Waals surface area (Å²) in [5.74, 6) is 0.230. The molecule has 1 N–H and O–H groups in total. The SMILES string of the molecule is Cc1csc(N2CCN(C(=O)CC3COCCN3)CC2)n1.Cl.Cl. The number of halogens is 2. The number of aryl methyl sites for hydroxylation is 1. The molecule has 0 aromatic carbocycles. The number of hydrogen-bond donors (Lipinski definition) is 1. The zero-order valence-electron chi connectivity index (χ0n) is 13.2. The van der Waals surface area contributed by atoms with Crippen molar-refractivity contribution in [2.75, 3.05) is 50.8 Å². The minimum absolute atomic E-state index is 0. The van der Waals surface area contributed by atoms with E-state index in [1.54, 1.807) is 11.3 Å². The van der Waals surface area contributed by atoms with Gasteiger partial charge < -0.3 is 19.9 Å². The zero-order valence-corrected chi connectivity index (χ0v) is 15.6. The number of aromatic nitrogens is 1. The number of carbonyl (C=O) groups is 1. The molecule has 1 amide bonds. The van der Waals surface area contributed by atoms with Crippen LogP contribution in [0.4, 0.5) is 5.13 Å². The lowest BCUT2D eigenvalue weighted by Crippen LogP contribution is -2.51. The molecular weight excluding hydrogens is 359 g/mol. The second-order valence-corrected chi connectivity index (χ2v) is 6.41. The summed E-state index contributed by atoms with van der Waals surface area (Å²) in [6, 6.07) is 0.172. The molecule has 1 atom stereocenters. The van der Waals surface area contributed by atoms with E-state index >= 15 is 0 Å². The van der Waals surface area contributed by atoms with E-state index in [1.165, 1.54) is 0 Å². The van der Waals surface area contributed by atoms with Crippen LogP contribution in [0.5, 0.6) is 0 Å². The van der Waals surface area contributed by atoms with Gasteiger partial charge in [-0.3, -0.25) is 4.79 Å². The quantitative estimate of drug-likeness (QED) is 0.854. The molecule has 9 heteroatoms. The highest BCUT2D eigenvalue weighted by Crippen LogP contribution is 2.21. The predicted molar refractivity (Wildman–Crippen MR) is 97.4 cm³/mol. The molecule has 1 aromatic heterocycles. The molecule has 1 aromatic rings. The molecule has 3 rings (SSSR count). The topological polar surface area (TPSA) is 57.7 Å². The van der Waals surface area contributed by atoms with Gasteiger partial charge >= 0.3 is 0 Å². The van der Waals surface area contributed by atoms with E-state index < -0.39 is 0 Å². The average Bonchev–Trinajstić information content (AvgIpc) is 2.95. The highest BCUT2D eigenvalue weighted by Gasteiger charge is 2.25. The Hall–Kier alpha value is -0.600. The smallest absolute Gasteiger partial charge is 0.224 e. The van der Waals surface area contributed by atoms with Crippen LogP contribution in [-0.2, 0) is 9.53 Å². The summed E-state index contributed by atoms with van der Waals surface area (Å²) in [5, 5.41) is 6.48. The molecule has 1 unspecified atom stereocenters. The fourth-order valence-electron chi connectivity index (χ4n) is 2.72. The number of rotatable bonds is 3. The Labute approximate surface area is 153 Å². The highest BCUT2D eigenvalue weighted by molar-refractivity contribution is 7.13. The third-order valence-corrected chi connectivity index (χ3v) is 4.95. The van der Waals surface area contributed by atoms with Gasteiger partial charge in [0.15, 0.2) is 5.13 Å². The molecule has 2 aliphatic rings. The van der Waals surface area contributed by atoms with Crippen molar-refractivity contribution in [1.82, 2.24) is 15.2 Å². The third kappa shape index (κ3) is 5.46. The number of hydrogen-bond acceptors (Lipinski definition) is 6. The molecular formula is C14H24Cl2N4O2S. The number of nitrogens with zero attached hydrogens (tertiary/aromatic N) is 3. The van der Waals surface area contributed by atoms with Crippen LogP contribution in [0.1, 0.15) is 12.1 Å². The maximum atomic E-state index is 12.3. The molecule has 0 aliphatic carbocycles. The number of morpholine rings is 1. The third-order valence-electron chi connectivity index (χ3n) is 3.93. The highest BCUT2D eigenvalue weighted by atomic mass is 35.5. The Morgan fingerprint density at radius 2 is 2.13 bits per heavy atom. The maximum absolute atomic E-state index is 12.3. The number of amides is 1. The van der Waals surface area contributed by atoms with Crippen molar-refractivity contribution in [1.29, 1.82) is 0 Å². The molecule has 2 fully saturated rings. The molecule has 23 heavy (non-hydrogen) atoms. The fraction of sp³-hybridized carbons (Fsp3) is 0.714. The van der Waals surface area contributed by atoms with Crippen molar-refractivity contribution >= 4 is 47.2 Å². The molecule has 0 radical (unpaired) electrons. The molecule has 2 aliphatic heterocycles. The van der Waals surface area contributed by atoms with Gasteiger partial charge in [-0.1, -0.05) is 0 Å². The molecule has 6 nitrogen and oxygen atoms in total. The molecule has 0 bridgehead atoms. The zero-order chi connectivity index (χ0) is 14.7. The summed E-state index contributed by atoms with van der Waals surface area (Å²) in [6.07, 6.45) is 0.538. The van der Waals surface area contributed by atoms with Crippen molar-refractivity contribution in [2.45, 2.75) is 19.4 Å². The van der Waals surface area contributed by atoms with E-state index in [0.717, 1.165) is 50.2 Å². The molecule has 132 valence electrons. The summed E-state index contributed by atoms with van der Waals surface area (Å²) in [6.45, 7) is 7.55. The summed E-state index contributed by atoms with van der Waals surface area (Å²) in [4.78, 5) is 21.1. The van der Waals surface area contributed by atoms with Gasteiger partial charge in [0.1, 0.15) is 0 Å². The number of carbonyl (C=O) groups excluding carboxylic acids is 1. The van der Waals surface area contributed by atoms with Crippen molar-refractivity contribution in [3.05, 3.63) is 11.1 Å². The van der Waals surface area contributed by atoms with Crippen molar-refractivity contribution < 1.29 is 9.53 Å². The Kier molecular flexibility index (Phi) is 8.57. The fourth-order valence-corrected chi connectivity index (χ4v) is 3.58. The normalized spacial score (nSPS) is 21.3. The van der Waals surface area contributed by atoms with E-state index in [4.69, 9.17) is 4.74 Å². The minimum atomic E-state index is 0. The van der Waals surface area contributed by atoms with Crippen LogP contribution < -0.4 is 10.2 Å². The van der Waals surface area contributed by atoms with E-state index in [9.17, 15) is 4.79 Å². The van der Waals surface area contributed by atoms with Crippen LogP contribution in [0.25, 0.3) is 0 Å². The Bertz CT molecular complexity index is 489. The van der Waals surface area contributed by atoms with Crippen LogP contribution in [0.2, 0.25) is 0 Å². The van der Waals surface area contributed by atoms with Gasteiger partial charge in [0, 0.05) is 50.6 Å². The first-order valence-corrected chi connectivity index (χ1v) is 8.36. The van der Waals surface area contributed by atoms with E-state index in [0.29, 0.717) is 13.0 Å². The molecule has 0 saturated carbocycles. The van der Waals surface area contributed by atoms with Gasteiger partial charge in [-0.2, -0.15) is 0 Å². The van der Waals surface area contributed by atoms with Crippen LogP contribution in [0.3, 0.4) is 0 Å². The first kappa shape index (κ1) is 20.4. The van der Waals surface area contributed by atoms with Crippen molar-refractivity contribution in [3.63, 3.8) is 0 Å². The number of piperazine rings is 1. The lowest BCUT2D eigenvalue weighted by atomic mass is 10.1. The van der Waals surface area contributed by atoms with Gasteiger partial charge in [-0.25, -0.2) is 4.98 Å². The van der Waals surface area contributed by atoms with Gasteiger partial charge in [0.25, 0.3) is 0 Å². The summed E-state index contributed by atoms with van der Waals surface area (Å²) < 4.78 is 5.40. The average molecular weight is 383 g/mol. The Balaban J connectivity index is 0.00000132. The lowest BCUT2D eigenvalue weighted by Gasteiger charge is -2.35. The second-order valence-electron chi connectivity index (χ2n) is 5.57. The molecule has 0 spiro atoms. The van der Waals surface area contributed by atoms with Gasteiger partial charge in [-0.15, -0.1) is 36.2 Å².